The zero-order valence-electron chi connectivity index (χ0n) is 8.42. The summed E-state index contributed by atoms with van der Waals surface area (Å²) in [6, 6.07) is 1.85. The van der Waals surface area contributed by atoms with E-state index in [1.807, 2.05) is 13.0 Å². The Morgan fingerprint density at radius 3 is 3.07 bits per heavy atom. The van der Waals surface area contributed by atoms with Crippen molar-refractivity contribution >= 4 is 0 Å². The molecule has 6 nitrogen and oxygen atoms in total. The van der Waals surface area contributed by atoms with Crippen LogP contribution in [0.4, 0.5) is 0 Å². The van der Waals surface area contributed by atoms with Crippen molar-refractivity contribution in [3.8, 4) is 0 Å². The summed E-state index contributed by atoms with van der Waals surface area (Å²) in [7, 11) is 0. The average Bonchev–Trinajstić information content (AvgIpc) is 2.78. The minimum absolute atomic E-state index is 0.0834. The van der Waals surface area contributed by atoms with Crippen LogP contribution in [0.5, 0.6) is 0 Å². The van der Waals surface area contributed by atoms with Gasteiger partial charge in [0.05, 0.1) is 11.4 Å². The lowest BCUT2D eigenvalue weighted by Crippen LogP contribution is -1.99. The Morgan fingerprint density at radius 2 is 2.40 bits per heavy atom. The van der Waals surface area contributed by atoms with Crippen LogP contribution in [-0.4, -0.2) is 31.9 Å². The van der Waals surface area contributed by atoms with Gasteiger partial charge in [-0.25, -0.2) is 4.68 Å². The minimum atomic E-state index is 0.0834. The van der Waals surface area contributed by atoms with Gasteiger partial charge in [0, 0.05) is 25.3 Å². The Bertz CT molecular complexity index is 435. The van der Waals surface area contributed by atoms with Crippen LogP contribution in [0.1, 0.15) is 17.1 Å². The molecule has 2 rings (SSSR count). The summed E-state index contributed by atoms with van der Waals surface area (Å²) < 4.78 is 6.71. The third kappa shape index (κ3) is 2.41. The summed E-state index contributed by atoms with van der Waals surface area (Å²) in [6.45, 7) is 2.46. The van der Waals surface area contributed by atoms with Crippen molar-refractivity contribution in [1.29, 1.82) is 0 Å². The van der Waals surface area contributed by atoms with Crippen LogP contribution < -0.4 is 0 Å². The van der Waals surface area contributed by atoms with E-state index >= 15 is 0 Å². The fourth-order valence-corrected chi connectivity index (χ4v) is 1.30. The number of aryl methyl sites for hydroxylation is 1. The first-order valence-corrected chi connectivity index (χ1v) is 4.70. The van der Waals surface area contributed by atoms with Crippen LogP contribution in [0, 0.1) is 6.92 Å². The Hall–Kier alpha value is -1.69. The van der Waals surface area contributed by atoms with Gasteiger partial charge in [0.2, 0.25) is 0 Å². The molecule has 0 unspecified atom stereocenters. The third-order valence-corrected chi connectivity index (χ3v) is 1.95. The number of hydrogen-bond donors (Lipinski definition) is 1. The van der Waals surface area contributed by atoms with E-state index < -0.39 is 0 Å². The van der Waals surface area contributed by atoms with Gasteiger partial charge in [0.15, 0.2) is 5.76 Å². The predicted molar refractivity (Wildman–Crippen MR) is 51.2 cm³/mol. The van der Waals surface area contributed by atoms with Crippen molar-refractivity contribution in [2.45, 2.75) is 19.9 Å². The number of nitrogens with zero attached hydrogens (tertiary/aromatic N) is 4. The quantitative estimate of drug-likeness (QED) is 0.774. The van der Waals surface area contributed by atoms with E-state index in [4.69, 9.17) is 9.63 Å². The van der Waals surface area contributed by atoms with Gasteiger partial charge in [0.25, 0.3) is 0 Å². The van der Waals surface area contributed by atoms with Crippen molar-refractivity contribution in [3.63, 3.8) is 0 Å². The smallest absolute Gasteiger partial charge is 0.158 e. The molecule has 80 valence electrons. The lowest BCUT2D eigenvalue weighted by atomic mass is 10.3. The van der Waals surface area contributed by atoms with E-state index in [9.17, 15) is 0 Å². The molecule has 0 amide bonds. The fourth-order valence-electron chi connectivity index (χ4n) is 1.30. The molecule has 6 heteroatoms. The molecule has 0 spiro atoms. The van der Waals surface area contributed by atoms with E-state index in [2.05, 4.69) is 15.5 Å². The fraction of sp³-hybridized carbons (Fsp3) is 0.444. The monoisotopic (exact) mass is 208 g/mol. The SMILES string of the molecule is Cc1cc(Cn2cc(CCO)nn2)on1. The summed E-state index contributed by atoms with van der Waals surface area (Å²) in [5.41, 5.74) is 1.62. The minimum Gasteiger partial charge on any atom is -0.396 e. The molecule has 0 aliphatic rings. The van der Waals surface area contributed by atoms with Crippen LogP contribution in [0.2, 0.25) is 0 Å². The molecule has 0 fully saturated rings. The van der Waals surface area contributed by atoms with Crippen LogP contribution >= 0.6 is 0 Å². The zero-order valence-corrected chi connectivity index (χ0v) is 8.42. The maximum atomic E-state index is 8.72. The summed E-state index contributed by atoms with van der Waals surface area (Å²) in [5, 5.41) is 20.3. The van der Waals surface area contributed by atoms with Gasteiger partial charge in [-0.15, -0.1) is 5.10 Å². The second-order valence-electron chi connectivity index (χ2n) is 3.32. The van der Waals surface area contributed by atoms with Crippen LogP contribution in [0.15, 0.2) is 16.8 Å². The largest absolute Gasteiger partial charge is 0.396 e. The number of aromatic nitrogens is 4. The molecular formula is C9H12N4O2. The third-order valence-electron chi connectivity index (χ3n) is 1.95. The Kier molecular flexibility index (Phi) is 2.77. The normalized spacial score (nSPS) is 10.8. The van der Waals surface area contributed by atoms with Crippen molar-refractivity contribution in [1.82, 2.24) is 20.2 Å². The standard InChI is InChI=1S/C9H12N4O2/c1-7-4-9(15-11-7)6-13-5-8(2-3-14)10-12-13/h4-5,14H,2-3,6H2,1H3. The van der Waals surface area contributed by atoms with Gasteiger partial charge in [0.1, 0.15) is 6.54 Å². The highest BCUT2D eigenvalue weighted by Crippen LogP contribution is 2.04. The molecule has 0 saturated heterocycles. The summed E-state index contributed by atoms with van der Waals surface area (Å²) in [5.74, 6) is 0.743. The molecule has 0 aliphatic heterocycles. The Labute approximate surface area is 86.5 Å². The van der Waals surface area contributed by atoms with Crippen molar-refractivity contribution in [3.05, 3.63) is 29.4 Å². The van der Waals surface area contributed by atoms with Gasteiger partial charge in [-0.05, 0) is 6.92 Å². The maximum Gasteiger partial charge on any atom is 0.158 e. The van der Waals surface area contributed by atoms with E-state index in [0.717, 1.165) is 17.1 Å². The summed E-state index contributed by atoms with van der Waals surface area (Å²) >= 11 is 0. The van der Waals surface area contributed by atoms with Crippen molar-refractivity contribution in [2.24, 2.45) is 0 Å². The first-order chi connectivity index (χ1) is 7.28. The van der Waals surface area contributed by atoms with Gasteiger partial charge >= 0.3 is 0 Å². The lowest BCUT2D eigenvalue weighted by molar-refractivity contribution is 0.298. The lowest BCUT2D eigenvalue weighted by Gasteiger charge is -1.93. The van der Waals surface area contributed by atoms with E-state index in [1.54, 1.807) is 10.9 Å². The average molecular weight is 208 g/mol. The second-order valence-corrected chi connectivity index (χ2v) is 3.32. The van der Waals surface area contributed by atoms with Gasteiger partial charge in [-0.1, -0.05) is 10.4 Å². The maximum absolute atomic E-state index is 8.72. The van der Waals surface area contributed by atoms with Gasteiger partial charge < -0.3 is 9.63 Å². The molecule has 0 radical (unpaired) electrons. The molecule has 2 heterocycles. The number of rotatable bonds is 4. The molecule has 2 aromatic rings. The molecule has 1 N–H and O–H groups in total. The van der Waals surface area contributed by atoms with Gasteiger partial charge in [-0.2, -0.15) is 0 Å². The molecule has 0 aliphatic carbocycles. The van der Waals surface area contributed by atoms with Crippen LogP contribution in [-0.2, 0) is 13.0 Å². The first kappa shape index (κ1) is 9.85. The molecule has 0 atom stereocenters. The summed E-state index contributed by atoms with van der Waals surface area (Å²) in [6.07, 6.45) is 2.31. The van der Waals surface area contributed by atoms with E-state index in [-0.39, 0.29) is 6.61 Å². The number of aliphatic hydroxyl groups excluding tert-OH is 1. The van der Waals surface area contributed by atoms with Crippen LogP contribution in [0.25, 0.3) is 0 Å². The van der Waals surface area contributed by atoms with Crippen molar-refractivity contribution < 1.29 is 9.63 Å². The molecule has 0 bridgehead atoms. The van der Waals surface area contributed by atoms with Crippen LogP contribution in [0.3, 0.4) is 0 Å². The highest BCUT2D eigenvalue weighted by Gasteiger charge is 2.04. The Balaban J connectivity index is 2.04. The molecule has 0 aromatic carbocycles. The van der Waals surface area contributed by atoms with E-state index in [1.165, 1.54) is 0 Å². The summed E-state index contributed by atoms with van der Waals surface area (Å²) in [4.78, 5) is 0. The first-order valence-electron chi connectivity index (χ1n) is 4.70. The predicted octanol–water partition coefficient (Wildman–Crippen LogP) is 0.158. The molecule has 2 aromatic heterocycles. The second kappa shape index (κ2) is 4.22. The Morgan fingerprint density at radius 1 is 1.53 bits per heavy atom. The highest BCUT2D eigenvalue weighted by molar-refractivity contribution is 5.04. The zero-order chi connectivity index (χ0) is 10.7. The van der Waals surface area contributed by atoms with Crippen molar-refractivity contribution in [2.75, 3.05) is 6.61 Å². The molecule has 15 heavy (non-hydrogen) atoms. The van der Waals surface area contributed by atoms with E-state index in [0.29, 0.717) is 13.0 Å². The van der Waals surface area contributed by atoms with Gasteiger partial charge in [-0.3, -0.25) is 0 Å². The topological polar surface area (TPSA) is 77.0 Å². The highest BCUT2D eigenvalue weighted by atomic mass is 16.5. The number of hydrogen-bond acceptors (Lipinski definition) is 5. The molecule has 0 saturated carbocycles. The number of aliphatic hydroxyl groups is 1. The molecular weight excluding hydrogens is 196 g/mol.